The minimum atomic E-state index is -5.08. The number of methoxy groups -OCH3 is 1. The number of aliphatic carboxylic acids is 1. The first-order chi connectivity index (χ1) is 17.6. The number of piperidine rings is 1. The summed E-state index contributed by atoms with van der Waals surface area (Å²) in [6, 6.07) is 8.14. The number of hydrogen-bond donors (Lipinski definition) is 4. The third-order valence-electron chi connectivity index (χ3n) is 5.22. The van der Waals surface area contributed by atoms with Crippen molar-refractivity contribution in [3.05, 3.63) is 47.0 Å². The molecule has 0 bridgehead atoms. The van der Waals surface area contributed by atoms with Crippen molar-refractivity contribution in [3.63, 3.8) is 0 Å². The highest BCUT2D eigenvalue weighted by Gasteiger charge is 2.38. The Hall–Kier alpha value is -3.16. The molecule has 0 spiro atoms. The van der Waals surface area contributed by atoms with Crippen molar-refractivity contribution in [2.24, 2.45) is 0 Å². The molecule has 14 heteroatoms. The van der Waals surface area contributed by atoms with Gasteiger partial charge in [-0.3, -0.25) is 0 Å². The summed E-state index contributed by atoms with van der Waals surface area (Å²) in [4.78, 5) is 24.7. The van der Waals surface area contributed by atoms with Crippen molar-refractivity contribution < 1.29 is 32.9 Å². The number of rotatable bonds is 10. The Morgan fingerprint density at radius 2 is 1.73 bits per heavy atom. The van der Waals surface area contributed by atoms with Crippen LogP contribution in [0.1, 0.15) is 24.3 Å². The number of benzene rings is 1. The third-order valence-corrected chi connectivity index (χ3v) is 5.48. The maximum Gasteiger partial charge on any atom is 0.490 e. The first-order valence-electron chi connectivity index (χ1n) is 11.4. The van der Waals surface area contributed by atoms with E-state index in [2.05, 4.69) is 42.6 Å². The fourth-order valence-corrected chi connectivity index (χ4v) is 3.51. The SMILES string of the molecule is COCCNc1nc(NC/C=C/CO)nc(N2CCC(c3ccc(Cl)cc3)CC2)n1.O=C(O)C(F)(F)F. The van der Waals surface area contributed by atoms with E-state index in [1.165, 1.54) is 5.56 Å². The van der Waals surface area contributed by atoms with E-state index < -0.39 is 12.1 Å². The van der Waals surface area contributed by atoms with Gasteiger partial charge in [0.25, 0.3) is 0 Å². The number of ether oxygens (including phenoxy) is 1. The summed E-state index contributed by atoms with van der Waals surface area (Å²) in [5.74, 6) is -0.561. The van der Waals surface area contributed by atoms with Crippen molar-refractivity contribution in [2.45, 2.75) is 24.9 Å². The number of carboxylic acids is 1. The lowest BCUT2D eigenvalue weighted by Crippen LogP contribution is -2.34. The number of aliphatic hydroxyl groups excluding tert-OH is 1. The van der Waals surface area contributed by atoms with Crippen LogP contribution >= 0.6 is 11.6 Å². The Bertz CT molecular complexity index is 1000. The number of carboxylic acid groups (broad SMARTS) is 1. The average Bonchev–Trinajstić information content (AvgIpc) is 2.87. The first kappa shape index (κ1) is 30.1. The fourth-order valence-electron chi connectivity index (χ4n) is 3.39. The summed E-state index contributed by atoms with van der Waals surface area (Å²) in [7, 11) is 1.66. The number of nitrogens with zero attached hydrogens (tertiary/aromatic N) is 4. The number of anilines is 3. The van der Waals surface area contributed by atoms with Gasteiger partial charge in [-0.15, -0.1) is 0 Å². The topological polar surface area (TPSA) is 133 Å². The van der Waals surface area contributed by atoms with E-state index in [0.29, 0.717) is 43.5 Å². The lowest BCUT2D eigenvalue weighted by molar-refractivity contribution is -0.192. The molecule has 0 aliphatic carbocycles. The zero-order valence-electron chi connectivity index (χ0n) is 20.2. The Morgan fingerprint density at radius 1 is 1.14 bits per heavy atom. The van der Waals surface area contributed by atoms with Crippen molar-refractivity contribution in [1.29, 1.82) is 0 Å². The van der Waals surface area contributed by atoms with Crippen molar-refractivity contribution in [2.75, 3.05) is 62.0 Å². The molecule has 0 unspecified atom stereocenters. The number of aromatic nitrogens is 3. The van der Waals surface area contributed by atoms with Crippen molar-refractivity contribution in [1.82, 2.24) is 15.0 Å². The molecule has 1 fully saturated rings. The molecule has 204 valence electrons. The molecule has 2 aromatic rings. The van der Waals surface area contributed by atoms with E-state index in [0.717, 1.165) is 31.0 Å². The summed E-state index contributed by atoms with van der Waals surface area (Å²) < 4.78 is 36.8. The van der Waals surface area contributed by atoms with Gasteiger partial charge in [0.1, 0.15) is 0 Å². The van der Waals surface area contributed by atoms with Gasteiger partial charge >= 0.3 is 12.1 Å². The highest BCUT2D eigenvalue weighted by atomic mass is 35.5. The smallest absolute Gasteiger partial charge is 0.475 e. The highest BCUT2D eigenvalue weighted by molar-refractivity contribution is 6.30. The molecule has 3 rings (SSSR count). The molecule has 0 amide bonds. The van der Waals surface area contributed by atoms with E-state index in [9.17, 15) is 13.2 Å². The molecular weight excluding hydrogens is 517 g/mol. The second-order valence-electron chi connectivity index (χ2n) is 7.85. The number of hydrogen-bond acceptors (Lipinski definition) is 9. The molecule has 1 aromatic heterocycles. The quantitative estimate of drug-likeness (QED) is 0.259. The molecular formula is C23H30ClF3N6O4. The summed E-state index contributed by atoms with van der Waals surface area (Å²) in [6.07, 6.45) is 0.483. The largest absolute Gasteiger partial charge is 0.490 e. The van der Waals surface area contributed by atoms with Crippen LogP contribution in [-0.2, 0) is 9.53 Å². The fraction of sp³-hybridized carbons (Fsp3) is 0.478. The third kappa shape index (κ3) is 10.8. The van der Waals surface area contributed by atoms with E-state index in [1.54, 1.807) is 13.2 Å². The van der Waals surface area contributed by atoms with Crippen molar-refractivity contribution in [3.8, 4) is 0 Å². The van der Waals surface area contributed by atoms with Crippen LogP contribution in [0.2, 0.25) is 5.02 Å². The first-order valence-corrected chi connectivity index (χ1v) is 11.8. The van der Waals surface area contributed by atoms with Gasteiger partial charge in [-0.25, -0.2) is 4.79 Å². The number of aliphatic hydroxyl groups is 1. The van der Waals surface area contributed by atoms with Crippen LogP contribution in [0.25, 0.3) is 0 Å². The molecule has 1 aliphatic rings. The molecule has 0 atom stereocenters. The second kappa shape index (κ2) is 15.2. The van der Waals surface area contributed by atoms with E-state index in [-0.39, 0.29) is 6.61 Å². The van der Waals surface area contributed by atoms with Gasteiger partial charge in [0, 0.05) is 38.3 Å². The van der Waals surface area contributed by atoms with E-state index in [4.69, 9.17) is 31.3 Å². The molecule has 1 aromatic carbocycles. The minimum Gasteiger partial charge on any atom is -0.475 e. The normalized spacial score (nSPS) is 14.3. The van der Waals surface area contributed by atoms with Crippen molar-refractivity contribution >= 4 is 35.4 Å². The summed E-state index contributed by atoms with van der Waals surface area (Å²) in [5.41, 5.74) is 1.33. The summed E-state index contributed by atoms with van der Waals surface area (Å²) >= 11 is 6.02. The minimum absolute atomic E-state index is 0.0104. The Balaban J connectivity index is 0.000000604. The van der Waals surface area contributed by atoms with Crippen LogP contribution in [0.4, 0.5) is 31.0 Å². The van der Waals surface area contributed by atoms with Crippen LogP contribution in [0, 0.1) is 0 Å². The number of nitrogens with one attached hydrogen (secondary N) is 2. The molecule has 2 heterocycles. The number of halogens is 4. The standard InChI is InChI=1S/C21H29ClN6O2.C2HF3O2/c1-30-15-11-24-20-25-19(23-10-2-3-14-29)26-21(27-20)28-12-8-17(9-13-28)16-4-6-18(22)7-5-16;3-2(4,5)1(6)7/h2-7,17,29H,8-15H2,1H3,(H2,23,24,25,26,27);(H,6,7)/b3-2+;. The van der Waals surface area contributed by atoms with Gasteiger partial charge in [-0.05, 0) is 36.5 Å². The van der Waals surface area contributed by atoms with Crippen LogP contribution in [0.15, 0.2) is 36.4 Å². The predicted molar refractivity (Wildman–Crippen MR) is 134 cm³/mol. The second-order valence-corrected chi connectivity index (χ2v) is 8.29. The van der Waals surface area contributed by atoms with Gasteiger partial charge in [0.2, 0.25) is 17.8 Å². The maximum absolute atomic E-state index is 10.6. The summed E-state index contributed by atoms with van der Waals surface area (Å²) in [5, 5.41) is 23.1. The van der Waals surface area contributed by atoms with Gasteiger partial charge in [0.15, 0.2) is 0 Å². The molecule has 1 saturated heterocycles. The highest BCUT2D eigenvalue weighted by Crippen LogP contribution is 2.30. The molecule has 0 saturated carbocycles. The Morgan fingerprint density at radius 3 is 2.27 bits per heavy atom. The number of alkyl halides is 3. The number of carbonyl (C=O) groups is 1. The molecule has 0 radical (unpaired) electrons. The molecule has 4 N–H and O–H groups in total. The van der Waals surface area contributed by atoms with Gasteiger partial charge in [-0.1, -0.05) is 35.9 Å². The summed E-state index contributed by atoms with van der Waals surface area (Å²) in [6.45, 7) is 3.46. The van der Waals surface area contributed by atoms with E-state index in [1.807, 2.05) is 18.2 Å². The van der Waals surface area contributed by atoms with Gasteiger partial charge < -0.3 is 30.5 Å². The lowest BCUT2D eigenvalue weighted by Gasteiger charge is -2.32. The maximum atomic E-state index is 10.6. The Labute approximate surface area is 217 Å². The molecule has 10 nitrogen and oxygen atoms in total. The van der Waals surface area contributed by atoms with Crippen LogP contribution in [-0.4, -0.2) is 83.8 Å². The van der Waals surface area contributed by atoms with Gasteiger partial charge in [0.05, 0.1) is 13.2 Å². The lowest BCUT2D eigenvalue weighted by atomic mass is 9.90. The van der Waals surface area contributed by atoms with Crippen LogP contribution in [0.5, 0.6) is 0 Å². The monoisotopic (exact) mass is 546 g/mol. The van der Waals surface area contributed by atoms with Gasteiger partial charge in [-0.2, -0.15) is 28.1 Å². The zero-order chi connectivity index (χ0) is 27.3. The molecule has 37 heavy (non-hydrogen) atoms. The van der Waals surface area contributed by atoms with Crippen LogP contribution in [0.3, 0.4) is 0 Å². The molecule has 1 aliphatic heterocycles. The predicted octanol–water partition coefficient (Wildman–Crippen LogP) is 3.56. The zero-order valence-corrected chi connectivity index (χ0v) is 21.0. The average molecular weight is 547 g/mol. The Kier molecular flexibility index (Phi) is 12.3. The van der Waals surface area contributed by atoms with Crippen LogP contribution < -0.4 is 15.5 Å². The van der Waals surface area contributed by atoms with E-state index >= 15 is 0 Å².